The van der Waals surface area contributed by atoms with Crippen LogP contribution in [0.4, 0.5) is 9.59 Å². The van der Waals surface area contributed by atoms with Gasteiger partial charge in [-0.15, -0.1) is 0 Å². The van der Waals surface area contributed by atoms with Crippen LogP contribution in [0.25, 0.3) is 0 Å². The quantitative estimate of drug-likeness (QED) is 0.272. The Morgan fingerprint density at radius 1 is 1.00 bits per heavy atom. The lowest BCUT2D eigenvalue weighted by Gasteiger charge is -2.33. The second-order valence-electron chi connectivity index (χ2n) is 10.1. The number of methoxy groups -OCH3 is 1. The van der Waals surface area contributed by atoms with Crippen molar-refractivity contribution in [2.75, 3.05) is 13.7 Å². The molecule has 10 nitrogen and oxygen atoms in total. The molecule has 0 radical (unpaired) electrons. The molecule has 10 heteroatoms. The smallest absolute Gasteiger partial charge is 0.408 e. The maximum absolute atomic E-state index is 13.0. The Balaban J connectivity index is 2.73. The molecule has 0 saturated heterocycles. The number of nitrogens with one attached hydrogen (secondary N) is 2. The van der Waals surface area contributed by atoms with Gasteiger partial charge in [-0.2, -0.15) is 0 Å². The molecule has 0 heterocycles. The van der Waals surface area contributed by atoms with Crippen molar-refractivity contribution in [2.24, 2.45) is 5.92 Å². The normalized spacial score (nSPS) is 12.9. The van der Waals surface area contributed by atoms with Gasteiger partial charge in [0, 0.05) is 12.1 Å². The Morgan fingerprint density at radius 3 is 2.17 bits per heavy atom. The van der Waals surface area contributed by atoms with E-state index in [1.54, 1.807) is 0 Å². The number of esters is 1. The van der Waals surface area contributed by atoms with Crippen molar-refractivity contribution in [3.8, 4) is 0 Å². The molecule has 36 heavy (non-hydrogen) atoms. The van der Waals surface area contributed by atoms with Crippen molar-refractivity contribution in [2.45, 2.75) is 84.5 Å². The lowest BCUT2D eigenvalue weighted by molar-refractivity contribution is -0.145. The maximum atomic E-state index is 13.0. The van der Waals surface area contributed by atoms with E-state index in [0.29, 0.717) is 25.8 Å². The third kappa shape index (κ3) is 11.4. The Morgan fingerprint density at radius 2 is 1.64 bits per heavy atom. The first-order valence-corrected chi connectivity index (χ1v) is 12.2. The van der Waals surface area contributed by atoms with Crippen molar-refractivity contribution in [1.82, 2.24) is 15.5 Å². The van der Waals surface area contributed by atoms with Gasteiger partial charge in [0.1, 0.15) is 18.7 Å². The number of amides is 3. The van der Waals surface area contributed by atoms with Crippen molar-refractivity contribution in [3.05, 3.63) is 35.9 Å². The van der Waals surface area contributed by atoms with Gasteiger partial charge >= 0.3 is 18.2 Å². The molecule has 0 bridgehead atoms. The number of carbonyl (C=O) groups is 4. The standard InChI is InChI=1S/C26H41N3O7/c1-18(2)16-21(28-24(32)36-17-19-12-8-7-9-13-19)22(30)27-20(23(31)35-6)14-10-11-15-29(25(33)34)26(3,4)5/h7-9,12-13,18,20-21H,10-11,14-17H2,1-6H3,(H,27,30)(H,28,32)(H,33,34)/t20-,21-/m1/s1. The van der Waals surface area contributed by atoms with E-state index in [9.17, 15) is 24.3 Å². The monoisotopic (exact) mass is 507 g/mol. The number of ether oxygens (including phenoxy) is 2. The third-order valence-corrected chi connectivity index (χ3v) is 5.50. The molecule has 0 fully saturated rings. The summed E-state index contributed by atoms with van der Waals surface area (Å²) in [5, 5.41) is 14.7. The number of unbranched alkanes of at least 4 members (excludes halogenated alkanes) is 1. The van der Waals surface area contributed by atoms with Crippen molar-refractivity contribution in [3.63, 3.8) is 0 Å². The predicted octanol–water partition coefficient (Wildman–Crippen LogP) is 3.93. The first-order chi connectivity index (χ1) is 16.8. The van der Waals surface area contributed by atoms with Crippen LogP contribution in [0.5, 0.6) is 0 Å². The molecule has 0 saturated carbocycles. The molecule has 0 spiro atoms. The Kier molecular flexibility index (Phi) is 12.8. The SMILES string of the molecule is COC(=O)[C@@H](CCCCN(C(=O)O)C(C)(C)C)NC(=O)[C@@H](CC(C)C)NC(=O)OCc1ccccc1. The van der Waals surface area contributed by atoms with Gasteiger partial charge in [-0.3, -0.25) is 4.79 Å². The highest BCUT2D eigenvalue weighted by Crippen LogP contribution is 2.16. The zero-order chi connectivity index (χ0) is 27.3. The van der Waals surface area contributed by atoms with Crippen LogP contribution in [0.15, 0.2) is 30.3 Å². The van der Waals surface area contributed by atoms with Crippen LogP contribution < -0.4 is 10.6 Å². The molecular formula is C26H41N3O7. The summed E-state index contributed by atoms with van der Waals surface area (Å²) in [6.45, 7) is 9.62. The highest BCUT2D eigenvalue weighted by Gasteiger charge is 2.29. The van der Waals surface area contributed by atoms with E-state index in [-0.39, 0.29) is 18.9 Å². The fraction of sp³-hybridized carbons (Fsp3) is 0.615. The molecule has 2 atom stereocenters. The van der Waals surface area contributed by atoms with Gasteiger partial charge in [0.05, 0.1) is 7.11 Å². The summed E-state index contributed by atoms with van der Waals surface area (Å²) in [6, 6.07) is 7.35. The molecular weight excluding hydrogens is 466 g/mol. The minimum absolute atomic E-state index is 0.0649. The largest absolute Gasteiger partial charge is 0.467 e. The van der Waals surface area contributed by atoms with Gasteiger partial charge in [-0.05, 0) is 57.9 Å². The van der Waals surface area contributed by atoms with E-state index in [1.807, 2.05) is 65.0 Å². The summed E-state index contributed by atoms with van der Waals surface area (Å²) in [4.78, 5) is 50.5. The van der Waals surface area contributed by atoms with Crippen LogP contribution in [0.3, 0.4) is 0 Å². The average molecular weight is 508 g/mol. The van der Waals surface area contributed by atoms with E-state index in [0.717, 1.165) is 5.56 Å². The van der Waals surface area contributed by atoms with Gasteiger partial charge in [0.2, 0.25) is 5.91 Å². The molecule has 0 aliphatic heterocycles. The van der Waals surface area contributed by atoms with Gasteiger partial charge < -0.3 is 30.1 Å². The molecule has 0 aromatic heterocycles. The summed E-state index contributed by atoms with van der Waals surface area (Å²) in [5.74, 6) is -1.03. The van der Waals surface area contributed by atoms with Crippen LogP contribution in [0.2, 0.25) is 0 Å². The first-order valence-electron chi connectivity index (χ1n) is 12.2. The van der Waals surface area contributed by atoms with E-state index < -0.39 is 41.7 Å². The third-order valence-electron chi connectivity index (χ3n) is 5.50. The Hall–Kier alpha value is -3.30. The summed E-state index contributed by atoms with van der Waals surface area (Å²) in [6.07, 6.45) is -0.136. The summed E-state index contributed by atoms with van der Waals surface area (Å²) >= 11 is 0. The number of hydrogen-bond donors (Lipinski definition) is 3. The zero-order valence-corrected chi connectivity index (χ0v) is 22.2. The van der Waals surface area contributed by atoms with Crippen molar-refractivity contribution >= 4 is 24.1 Å². The molecule has 1 rings (SSSR count). The van der Waals surface area contributed by atoms with E-state index in [2.05, 4.69) is 10.6 Å². The number of benzene rings is 1. The molecule has 0 aliphatic carbocycles. The molecule has 0 aliphatic rings. The lowest BCUT2D eigenvalue weighted by atomic mass is 10.0. The molecule has 3 N–H and O–H groups in total. The Bertz CT molecular complexity index is 853. The van der Waals surface area contributed by atoms with Gasteiger partial charge in [0.15, 0.2) is 0 Å². The summed E-state index contributed by atoms with van der Waals surface area (Å²) < 4.78 is 10.1. The van der Waals surface area contributed by atoms with E-state index >= 15 is 0 Å². The lowest BCUT2D eigenvalue weighted by Crippen LogP contribution is -2.52. The van der Waals surface area contributed by atoms with Gasteiger partial charge in [-0.1, -0.05) is 44.2 Å². The first kappa shape index (κ1) is 30.7. The summed E-state index contributed by atoms with van der Waals surface area (Å²) in [5.41, 5.74) is 0.267. The van der Waals surface area contributed by atoms with Crippen LogP contribution in [-0.2, 0) is 25.7 Å². The fourth-order valence-electron chi connectivity index (χ4n) is 3.61. The molecule has 202 valence electrons. The maximum Gasteiger partial charge on any atom is 0.408 e. The molecule has 1 aromatic rings. The number of nitrogens with zero attached hydrogens (tertiary/aromatic N) is 1. The number of alkyl carbamates (subject to hydrolysis) is 1. The number of rotatable bonds is 13. The topological polar surface area (TPSA) is 134 Å². The molecule has 3 amide bonds. The molecule has 0 unspecified atom stereocenters. The second kappa shape index (κ2) is 15.0. The van der Waals surface area contributed by atoms with E-state index in [1.165, 1.54) is 12.0 Å². The number of hydrogen-bond acceptors (Lipinski definition) is 6. The molecule has 1 aromatic carbocycles. The number of carboxylic acid groups (broad SMARTS) is 1. The highest BCUT2D eigenvalue weighted by atomic mass is 16.5. The summed E-state index contributed by atoms with van der Waals surface area (Å²) in [7, 11) is 1.23. The minimum atomic E-state index is -1.01. The highest BCUT2D eigenvalue weighted by molar-refractivity contribution is 5.89. The van der Waals surface area contributed by atoms with Crippen LogP contribution >= 0.6 is 0 Å². The van der Waals surface area contributed by atoms with Crippen LogP contribution in [0.1, 0.15) is 65.9 Å². The fourth-order valence-corrected chi connectivity index (χ4v) is 3.61. The van der Waals surface area contributed by atoms with E-state index in [4.69, 9.17) is 9.47 Å². The van der Waals surface area contributed by atoms with Gasteiger partial charge in [0.25, 0.3) is 0 Å². The van der Waals surface area contributed by atoms with Gasteiger partial charge in [-0.25, -0.2) is 14.4 Å². The average Bonchev–Trinajstić information content (AvgIpc) is 2.80. The van der Waals surface area contributed by atoms with Crippen molar-refractivity contribution in [1.29, 1.82) is 0 Å². The predicted molar refractivity (Wildman–Crippen MR) is 135 cm³/mol. The number of carbonyl (C=O) groups excluding carboxylic acids is 3. The van der Waals surface area contributed by atoms with Crippen LogP contribution in [-0.4, -0.2) is 65.3 Å². The Labute approximate surface area is 213 Å². The minimum Gasteiger partial charge on any atom is -0.467 e. The second-order valence-corrected chi connectivity index (χ2v) is 10.1. The van der Waals surface area contributed by atoms with Crippen molar-refractivity contribution < 1.29 is 33.8 Å². The zero-order valence-electron chi connectivity index (χ0n) is 22.2. The van der Waals surface area contributed by atoms with Crippen LogP contribution in [0, 0.1) is 5.92 Å².